The van der Waals surface area contributed by atoms with Gasteiger partial charge >= 0.3 is 0 Å². The number of halogens is 1. The van der Waals surface area contributed by atoms with Gasteiger partial charge in [-0.2, -0.15) is 0 Å². The van der Waals surface area contributed by atoms with Gasteiger partial charge in [-0.1, -0.05) is 6.08 Å². The summed E-state index contributed by atoms with van der Waals surface area (Å²) in [5, 5.41) is 2.78. The standard InChI is InChI=1S/C14H18BrN3O2S/c1-2-6-18(8-11-3-4-12(15)21-11)14(20)10-17-7-5-16-13(19)9-17/h2-4H,1,5-10H2,(H,16,19)/p+1. The van der Waals surface area contributed by atoms with Crippen molar-refractivity contribution in [1.29, 1.82) is 0 Å². The molecule has 1 aromatic rings. The van der Waals surface area contributed by atoms with Crippen molar-refractivity contribution in [3.05, 3.63) is 33.5 Å². The summed E-state index contributed by atoms with van der Waals surface area (Å²) in [4.78, 5) is 27.7. The normalized spacial score (nSPS) is 18.1. The lowest BCUT2D eigenvalue weighted by Gasteiger charge is -2.26. The number of quaternary nitrogens is 1. The fourth-order valence-corrected chi connectivity index (χ4v) is 3.77. The van der Waals surface area contributed by atoms with E-state index in [1.807, 2.05) is 12.1 Å². The molecule has 114 valence electrons. The molecule has 2 heterocycles. The van der Waals surface area contributed by atoms with E-state index >= 15 is 0 Å². The topological polar surface area (TPSA) is 53.9 Å². The van der Waals surface area contributed by atoms with Gasteiger partial charge in [0.1, 0.15) is 0 Å². The Morgan fingerprint density at radius 1 is 1.57 bits per heavy atom. The number of rotatable bonds is 6. The Morgan fingerprint density at radius 3 is 3.00 bits per heavy atom. The van der Waals surface area contributed by atoms with Crippen LogP contribution in [0.4, 0.5) is 0 Å². The summed E-state index contributed by atoms with van der Waals surface area (Å²) in [5.41, 5.74) is 0. The summed E-state index contributed by atoms with van der Waals surface area (Å²) >= 11 is 5.05. The minimum absolute atomic E-state index is 0.0153. The number of carbonyl (C=O) groups excluding carboxylic acids is 2. The number of carbonyl (C=O) groups is 2. The Bertz CT molecular complexity index is 532. The second-order valence-electron chi connectivity index (χ2n) is 4.97. The van der Waals surface area contributed by atoms with E-state index in [-0.39, 0.29) is 11.8 Å². The number of piperazine rings is 1. The number of nitrogens with zero attached hydrogens (tertiary/aromatic N) is 1. The minimum atomic E-state index is 0.0153. The second-order valence-corrected chi connectivity index (χ2v) is 7.52. The van der Waals surface area contributed by atoms with Gasteiger partial charge in [0, 0.05) is 11.4 Å². The van der Waals surface area contributed by atoms with E-state index in [0.29, 0.717) is 32.7 Å². The van der Waals surface area contributed by atoms with Crippen LogP contribution in [0, 0.1) is 0 Å². The van der Waals surface area contributed by atoms with E-state index in [4.69, 9.17) is 0 Å². The third-order valence-electron chi connectivity index (χ3n) is 3.29. The number of hydrogen-bond donors (Lipinski definition) is 2. The van der Waals surface area contributed by atoms with Crippen LogP contribution in [0.2, 0.25) is 0 Å². The number of thiophene rings is 1. The van der Waals surface area contributed by atoms with Crippen molar-refractivity contribution < 1.29 is 14.5 Å². The van der Waals surface area contributed by atoms with E-state index in [2.05, 4.69) is 27.8 Å². The molecule has 21 heavy (non-hydrogen) atoms. The zero-order valence-corrected chi connectivity index (χ0v) is 14.1. The maximum Gasteiger partial charge on any atom is 0.278 e. The zero-order valence-electron chi connectivity index (χ0n) is 11.7. The first kappa shape index (κ1) is 16.2. The highest BCUT2D eigenvalue weighted by Crippen LogP contribution is 2.23. The lowest BCUT2D eigenvalue weighted by molar-refractivity contribution is -0.885. The molecule has 1 fully saturated rings. The quantitative estimate of drug-likeness (QED) is 0.692. The van der Waals surface area contributed by atoms with Gasteiger partial charge in [0.15, 0.2) is 13.1 Å². The predicted octanol–water partition coefficient (Wildman–Crippen LogP) is 0.0399. The highest BCUT2D eigenvalue weighted by atomic mass is 79.9. The van der Waals surface area contributed by atoms with Crippen LogP contribution in [-0.2, 0) is 16.1 Å². The Hall–Kier alpha value is -1.18. The SMILES string of the molecule is C=CCN(Cc1ccc(Br)s1)C(=O)C[NH+]1CCNC(=O)C1. The number of hydrogen-bond acceptors (Lipinski definition) is 3. The first-order valence-electron chi connectivity index (χ1n) is 6.81. The zero-order chi connectivity index (χ0) is 15.2. The molecular weight excluding hydrogens is 354 g/mol. The molecular formula is C14H19BrN3O2S+. The molecule has 0 radical (unpaired) electrons. The maximum atomic E-state index is 12.4. The Morgan fingerprint density at radius 2 is 2.38 bits per heavy atom. The molecule has 1 aliphatic heterocycles. The van der Waals surface area contributed by atoms with Crippen LogP contribution in [-0.4, -0.2) is 49.4 Å². The van der Waals surface area contributed by atoms with E-state index in [9.17, 15) is 9.59 Å². The molecule has 1 saturated heterocycles. The van der Waals surface area contributed by atoms with Crippen molar-refractivity contribution in [3.63, 3.8) is 0 Å². The summed E-state index contributed by atoms with van der Waals surface area (Å²) in [5.74, 6) is 0.0747. The molecule has 1 aromatic heterocycles. The maximum absolute atomic E-state index is 12.4. The highest BCUT2D eigenvalue weighted by molar-refractivity contribution is 9.11. The molecule has 7 heteroatoms. The molecule has 0 bridgehead atoms. The summed E-state index contributed by atoms with van der Waals surface area (Å²) < 4.78 is 1.06. The minimum Gasteiger partial charge on any atom is -0.346 e. The first-order valence-corrected chi connectivity index (χ1v) is 8.42. The summed E-state index contributed by atoms with van der Waals surface area (Å²) in [6, 6.07) is 4.00. The average molecular weight is 373 g/mol. The molecule has 5 nitrogen and oxygen atoms in total. The van der Waals surface area contributed by atoms with Gasteiger partial charge in [0.2, 0.25) is 0 Å². The molecule has 1 atom stereocenters. The first-order chi connectivity index (χ1) is 10.1. The smallest absolute Gasteiger partial charge is 0.278 e. The Balaban J connectivity index is 1.94. The van der Waals surface area contributed by atoms with E-state index in [0.717, 1.165) is 20.1 Å². The third kappa shape index (κ3) is 4.94. The second kappa shape index (κ2) is 7.72. The molecule has 2 rings (SSSR count). The molecule has 0 aliphatic carbocycles. The van der Waals surface area contributed by atoms with Crippen LogP contribution in [0.25, 0.3) is 0 Å². The van der Waals surface area contributed by atoms with Gasteiger partial charge in [0.25, 0.3) is 11.8 Å². The van der Waals surface area contributed by atoms with Crippen molar-refractivity contribution in [2.24, 2.45) is 0 Å². The molecule has 2 amide bonds. The fourth-order valence-electron chi connectivity index (χ4n) is 2.27. The van der Waals surface area contributed by atoms with Crippen LogP contribution in [0.5, 0.6) is 0 Å². The molecule has 1 aliphatic rings. The van der Waals surface area contributed by atoms with Crippen LogP contribution >= 0.6 is 27.3 Å². The monoisotopic (exact) mass is 372 g/mol. The molecule has 0 saturated carbocycles. The van der Waals surface area contributed by atoms with Crippen LogP contribution in [0.15, 0.2) is 28.6 Å². The van der Waals surface area contributed by atoms with Gasteiger partial charge in [-0.3, -0.25) is 9.59 Å². The summed E-state index contributed by atoms with van der Waals surface area (Å²) in [7, 11) is 0. The number of amides is 2. The van der Waals surface area contributed by atoms with Gasteiger partial charge in [-0.15, -0.1) is 17.9 Å². The van der Waals surface area contributed by atoms with Crippen molar-refractivity contribution in [3.8, 4) is 0 Å². The molecule has 0 spiro atoms. The van der Waals surface area contributed by atoms with Gasteiger partial charge < -0.3 is 15.1 Å². The summed E-state index contributed by atoms with van der Waals surface area (Å²) in [6.45, 7) is 6.99. The van der Waals surface area contributed by atoms with Gasteiger partial charge in [-0.05, 0) is 28.1 Å². The van der Waals surface area contributed by atoms with Crippen LogP contribution < -0.4 is 10.2 Å². The average Bonchev–Trinajstić information content (AvgIpc) is 2.84. The van der Waals surface area contributed by atoms with Gasteiger partial charge in [0.05, 0.1) is 23.4 Å². The third-order valence-corrected chi connectivity index (χ3v) is 4.90. The van der Waals surface area contributed by atoms with Gasteiger partial charge in [-0.25, -0.2) is 0 Å². The fraction of sp³-hybridized carbons (Fsp3) is 0.429. The molecule has 0 aromatic carbocycles. The van der Waals surface area contributed by atoms with Crippen molar-refractivity contribution in [1.82, 2.24) is 10.2 Å². The Kier molecular flexibility index (Phi) is 5.96. The Labute approximate surface area is 136 Å². The lowest BCUT2D eigenvalue weighted by Crippen LogP contribution is -3.16. The van der Waals surface area contributed by atoms with Crippen molar-refractivity contribution >= 4 is 39.1 Å². The van der Waals surface area contributed by atoms with Crippen molar-refractivity contribution in [2.45, 2.75) is 6.54 Å². The van der Waals surface area contributed by atoms with E-state index in [1.54, 1.807) is 22.3 Å². The largest absolute Gasteiger partial charge is 0.346 e. The predicted molar refractivity (Wildman–Crippen MR) is 86.2 cm³/mol. The van der Waals surface area contributed by atoms with Crippen LogP contribution in [0.1, 0.15) is 4.88 Å². The number of nitrogens with one attached hydrogen (secondary N) is 2. The highest BCUT2D eigenvalue weighted by Gasteiger charge is 2.24. The molecule has 2 N–H and O–H groups in total. The van der Waals surface area contributed by atoms with E-state index in [1.165, 1.54) is 0 Å². The lowest BCUT2D eigenvalue weighted by atomic mass is 10.3. The molecule has 1 unspecified atom stereocenters. The van der Waals surface area contributed by atoms with E-state index < -0.39 is 0 Å². The van der Waals surface area contributed by atoms with Crippen molar-refractivity contribution in [2.75, 3.05) is 32.7 Å². The summed E-state index contributed by atoms with van der Waals surface area (Å²) in [6.07, 6.45) is 1.73. The van der Waals surface area contributed by atoms with Crippen LogP contribution in [0.3, 0.4) is 0 Å².